The first-order valence-corrected chi connectivity index (χ1v) is 7.54. The highest BCUT2D eigenvalue weighted by Gasteiger charge is 2.32. The van der Waals surface area contributed by atoms with E-state index in [1.54, 1.807) is 0 Å². The molecule has 3 unspecified atom stereocenters. The molecule has 1 aliphatic heterocycles. The number of hydrogen-bond acceptors (Lipinski definition) is 3. The number of nitrogens with zero attached hydrogens (tertiary/aromatic N) is 1. The Balaban J connectivity index is 1.90. The first-order chi connectivity index (χ1) is 8.50. The fourth-order valence-corrected chi connectivity index (χ4v) is 3.68. The Morgan fingerprint density at radius 1 is 1.33 bits per heavy atom. The van der Waals surface area contributed by atoms with E-state index in [-0.39, 0.29) is 5.60 Å². The lowest BCUT2D eigenvalue weighted by atomic mass is 9.78. The van der Waals surface area contributed by atoms with Crippen molar-refractivity contribution in [2.45, 2.75) is 51.7 Å². The zero-order valence-corrected chi connectivity index (χ0v) is 12.5. The average Bonchev–Trinajstić information content (AvgIpc) is 2.28. The van der Waals surface area contributed by atoms with E-state index in [2.05, 4.69) is 38.0 Å². The van der Waals surface area contributed by atoms with E-state index in [4.69, 9.17) is 4.74 Å². The van der Waals surface area contributed by atoms with E-state index < -0.39 is 0 Å². The van der Waals surface area contributed by atoms with Crippen LogP contribution in [0.15, 0.2) is 0 Å². The molecule has 106 valence electrons. The van der Waals surface area contributed by atoms with Crippen molar-refractivity contribution >= 4 is 0 Å². The highest BCUT2D eigenvalue weighted by Crippen LogP contribution is 2.30. The van der Waals surface area contributed by atoms with Crippen LogP contribution in [0.5, 0.6) is 0 Å². The van der Waals surface area contributed by atoms with Gasteiger partial charge in [-0.1, -0.05) is 6.92 Å². The summed E-state index contributed by atoms with van der Waals surface area (Å²) in [7, 11) is 2.12. The molecule has 0 aromatic rings. The molecule has 18 heavy (non-hydrogen) atoms. The molecule has 2 fully saturated rings. The normalized spacial score (nSPS) is 37.7. The fourth-order valence-electron chi connectivity index (χ4n) is 3.68. The van der Waals surface area contributed by atoms with Crippen LogP contribution in [0.25, 0.3) is 0 Å². The van der Waals surface area contributed by atoms with Crippen LogP contribution in [0, 0.1) is 11.8 Å². The van der Waals surface area contributed by atoms with Crippen LogP contribution in [0.4, 0.5) is 0 Å². The Morgan fingerprint density at radius 2 is 2.11 bits per heavy atom. The van der Waals surface area contributed by atoms with Gasteiger partial charge in [-0.05, 0) is 52.0 Å². The van der Waals surface area contributed by atoms with Gasteiger partial charge in [-0.2, -0.15) is 0 Å². The van der Waals surface area contributed by atoms with Crippen molar-refractivity contribution in [1.82, 2.24) is 10.2 Å². The second kappa shape index (κ2) is 5.89. The molecule has 0 aromatic heterocycles. The van der Waals surface area contributed by atoms with E-state index in [9.17, 15) is 0 Å². The van der Waals surface area contributed by atoms with Gasteiger partial charge in [0, 0.05) is 25.7 Å². The zero-order valence-electron chi connectivity index (χ0n) is 12.5. The molecule has 0 radical (unpaired) electrons. The first kappa shape index (κ1) is 14.3. The summed E-state index contributed by atoms with van der Waals surface area (Å²) in [6, 6.07) is 0.715. The summed E-state index contributed by atoms with van der Waals surface area (Å²) in [5, 5.41) is 3.53. The number of morpholine rings is 1. The third-order valence-electron chi connectivity index (χ3n) is 4.61. The number of rotatable bonds is 3. The molecule has 3 atom stereocenters. The van der Waals surface area contributed by atoms with Crippen molar-refractivity contribution in [1.29, 1.82) is 0 Å². The Bertz CT molecular complexity index is 267. The van der Waals surface area contributed by atoms with Crippen LogP contribution in [0.2, 0.25) is 0 Å². The lowest BCUT2D eigenvalue weighted by Crippen LogP contribution is -2.52. The molecule has 3 heteroatoms. The topological polar surface area (TPSA) is 24.5 Å². The molecule has 1 saturated heterocycles. The van der Waals surface area contributed by atoms with Crippen LogP contribution in [-0.4, -0.2) is 49.8 Å². The Hall–Kier alpha value is -0.120. The molecule has 0 amide bonds. The lowest BCUT2D eigenvalue weighted by Gasteiger charge is -2.43. The maximum Gasteiger partial charge on any atom is 0.0753 e. The van der Waals surface area contributed by atoms with E-state index in [0.717, 1.165) is 31.5 Å². The lowest BCUT2D eigenvalue weighted by molar-refractivity contribution is -0.0911. The molecule has 1 aliphatic carbocycles. The minimum absolute atomic E-state index is 0.0354. The third-order valence-corrected chi connectivity index (χ3v) is 4.61. The standard InChI is InChI=1S/C15H30N2O/c1-12-5-6-14(16-4)13(9-12)10-17-7-8-18-15(2,3)11-17/h12-14,16H,5-11H2,1-4H3. The summed E-state index contributed by atoms with van der Waals surface area (Å²) in [5.74, 6) is 1.71. The predicted molar refractivity (Wildman–Crippen MR) is 75.8 cm³/mol. The SMILES string of the molecule is CNC1CCC(C)CC1CN1CCOC(C)(C)C1. The van der Waals surface area contributed by atoms with Crippen LogP contribution in [0.3, 0.4) is 0 Å². The van der Waals surface area contributed by atoms with Gasteiger partial charge in [-0.25, -0.2) is 0 Å². The van der Waals surface area contributed by atoms with Crippen molar-refractivity contribution in [3.63, 3.8) is 0 Å². The van der Waals surface area contributed by atoms with Gasteiger partial charge in [0.25, 0.3) is 0 Å². The zero-order chi connectivity index (χ0) is 13.2. The van der Waals surface area contributed by atoms with Gasteiger partial charge in [0.05, 0.1) is 12.2 Å². The minimum atomic E-state index is 0.0354. The summed E-state index contributed by atoms with van der Waals surface area (Å²) >= 11 is 0. The molecule has 1 N–H and O–H groups in total. The van der Waals surface area contributed by atoms with Crippen molar-refractivity contribution in [2.75, 3.05) is 33.3 Å². The van der Waals surface area contributed by atoms with Crippen molar-refractivity contribution in [2.24, 2.45) is 11.8 Å². The Kier molecular flexibility index (Phi) is 4.68. The van der Waals surface area contributed by atoms with Gasteiger partial charge in [0.1, 0.15) is 0 Å². The molecule has 0 aromatic carbocycles. The molecule has 3 nitrogen and oxygen atoms in total. The number of nitrogens with one attached hydrogen (secondary N) is 1. The second-order valence-electron chi connectivity index (χ2n) is 6.92. The number of hydrogen-bond donors (Lipinski definition) is 1. The van der Waals surface area contributed by atoms with Crippen LogP contribution < -0.4 is 5.32 Å². The van der Waals surface area contributed by atoms with Crippen molar-refractivity contribution in [3.8, 4) is 0 Å². The summed E-state index contributed by atoms with van der Waals surface area (Å²) in [4.78, 5) is 2.61. The highest BCUT2D eigenvalue weighted by atomic mass is 16.5. The molecule has 1 saturated carbocycles. The van der Waals surface area contributed by atoms with E-state index in [0.29, 0.717) is 6.04 Å². The van der Waals surface area contributed by atoms with Gasteiger partial charge >= 0.3 is 0 Å². The summed E-state index contributed by atoms with van der Waals surface area (Å²) in [6.07, 6.45) is 4.11. The molecular weight excluding hydrogens is 224 g/mol. The average molecular weight is 254 g/mol. The molecule has 0 bridgehead atoms. The van der Waals surface area contributed by atoms with E-state index in [1.807, 2.05) is 0 Å². The molecule has 0 spiro atoms. The van der Waals surface area contributed by atoms with Crippen molar-refractivity contribution < 1.29 is 4.74 Å². The smallest absolute Gasteiger partial charge is 0.0753 e. The minimum Gasteiger partial charge on any atom is -0.373 e. The van der Waals surface area contributed by atoms with Crippen LogP contribution >= 0.6 is 0 Å². The maximum atomic E-state index is 5.80. The molecule has 2 aliphatic rings. The van der Waals surface area contributed by atoms with Crippen molar-refractivity contribution in [3.05, 3.63) is 0 Å². The summed E-state index contributed by atoms with van der Waals surface area (Å²) < 4.78 is 5.80. The van der Waals surface area contributed by atoms with E-state index in [1.165, 1.54) is 25.8 Å². The molecule has 1 heterocycles. The summed E-state index contributed by atoms with van der Waals surface area (Å²) in [6.45, 7) is 11.1. The van der Waals surface area contributed by atoms with Gasteiger partial charge in [-0.3, -0.25) is 4.90 Å². The monoisotopic (exact) mass is 254 g/mol. The molecule has 2 rings (SSSR count). The van der Waals surface area contributed by atoms with Gasteiger partial charge < -0.3 is 10.1 Å². The van der Waals surface area contributed by atoms with Gasteiger partial charge in [0.15, 0.2) is 0 Å². The quantitative estimate of drug-likeness (QED) is 0.835. The van der Waals surface area contributed by atoms with Crippen LogP contribution in [-0.2, 0) is 4.74 Å². The summed E-state index contributed by atoms with van der Waals surface area (Å²) in [5.41, 5.74) is 0.0354. The largest absolute Gasteiger partial charge is 0.373 e. The highest BCUT2D eigenvalue weighted by molar-refractivity contribution is 4.87. The first-order valence-electron chi connectivity index (χ1n) is 7.54. The van der Waals surface area contributed by atoms with Crippen LogP contribution in [0.1, 0.15) is 40.0 Å². The van der Waals surface area contributed by atoms with Gasteiger partial charge in [0.2, 0.25) is 0 Å². The van der Waals surface area contributed by atoms with Gasteiger partial charge in [-0.15, -0.1) is 0 Å². The fraction of sp³-hybridized carbons (Fsp3) is 1.00. The van der Waals surface area contributed by atoms with E-state index >= 15 is 0 Å². The maximum absolute atomic E-state index is 5.80. The number of ether oxygens (including phenoxy) is 1. The predicted octanol–water partition coefficient (Wildman–Crippen LogP) is 2.12. The molecular formula is C15H30N2O. The Labute approximate surface area is 112 Å². The Morgan fingerprint density at radius 3 is 2.78 bits per heavy atom. The third kappa shape index (κ3) is 3.69. The second-order valence-corrected chi connectivity index (χ2v) is 6.92.